The molecule has 9 nitrogen and oxygen atoms in total. The fourth-order valence-electron chi connectivity index (χ4n) is 12.1. The minimum absolute atomic E-state index is 0.380. The summed E-state index contributed by atoms with van der Waals surface area (Å²) >= 11 is 0. The molecule has 83 heavy (non-hydrogen) atoms. The molecule has 0 bridgehead atoms. The topological polar surface area (TPSA) is 58.0 Å². The highest BCUT2D eigenvalue weighted by Crippen LogP contribution is 2.45. The highest BCUT2D eigenvalue weighted by atomic mass is 15.0. The quantitative estimate of drug-likeness (QED) is 0.142. The van der Waals surface area contributed by atoms with Gasteiger partial charge in [-0.15, -0.1) is 0 Å². The van der Waals surface area contributed by atoms with E-state index >= 15 is 0 Å². The minimum Gasteiger partial charge on any atom is -0.309 e. The Labute approximate surface area is 477 Å². The van der Waals surface area contributed by atoms with Crippen LogP contribution in [-0.4, -0.2) is 23.7 Å². The number of fused-ring (bicyclic) bond motifs is 9. The van der Waals surface area contributed by atoms with E-state index < -0.39 is 0 Å². The van der Waals surface area contributed by atoms with Crippen LogP contribution in [-0.2, 0) is 0 Å². The van der Waals surface area contributed by atoms with Gasteiger partial charge in [-0.3, -0.25) is 0 Å². The van der Waals surface area contributed by atoms with Gasteiger partial charge in [0, 0.05) is 60.5 Å². The maximum atomic E-state index is 8.47. The van der Waals surface area contributed by atoms with Crippen LogP contribution in [0.25, 0.3) is 158 Å². The van der Waals surface area contributed by atoms with Gasteiger partial charge in [0.1, 0.15) is 0 Å². The van der Waals surface area contributed by atoms with E-state index in [1.165, 1.54) is 21.5 Å². The van der Waals surface area contributed by atoms with E-state index in [2.05, 4.69) is 179 Å². The lowest BCUT2D eigenvalue weighted by molar-refractivity contribution is 1.16. The summed E-state index contributed by atoms with van der Waals surface area (Å²) in [4.78, 5) is 25.2. The molecule has 0 saturated carbocycles. The van der Waals surface area contributed by atoms with Gasteiger partial charge in [0.25, 0.3) is 0 Å². The highest BCUT2D eigenvalue weighted by molar-refractivity contribution is 6.14. The molecule has 4 heterocycles. The lowest BCUT2D eigenvalue weighted by Crippen LogP contribution is -1.96. The van der Waals surface area contributed by atoms with Crippen molar-refractivity contribution >= 4 is 88.2 Å². The number of benzene rings is 11. The predicted molar refractivity (Wildman–Crippen MR) is 337 cm³/mol. The van der Waals surface area contributed by atoms with Crippen LogP contribution in [0.2, 0.25) is 0 Å². The average Bonchev–Trinajstić information content (AvgIpc) is 2.81. The third-order valence-corrected chi connectivity index (χ3v) is 15.9. The van der Waals surface area contributed by atoms with E-state index in [9.17, 15) is 0 Å². The summed E-state index contributed by atoms with van der Waals surface area (Å²) in [5.41, 5.74) is 18.1. The smallest absolute Gasteiger partial charge is 0.187 e. The van der Waals surface area contributed by atoms with E-state index in [0.717, 1.165) is 88.8 Å². The maximum absolute atomic E-state index is 8.47. The summed E-state index contributed by atoms with van der Waals surface area (Å²) in [7, 11) is 0. The maximum Gasteiger partial charge on any atom is 0.187 e. The number of para-hydroxylation sites is 4. The van der Waals surface area contributed by atoms with Gasteiger partial charge in [0.05, 0.1) is 70.8 Å². The van der Waals surface area contributed by atoms with Crippen LogP contribution in [0.15, 0.2) is 249 Å². The summed E-state index contributed by atoms with van der Waals surface area (Å²) in [6.45, 7) is 32.1. The standard InChI is InChI=1S/C74H41N9/c1-75-52-17-13-15-49(39-52)64-45-63(79-74(80-64)50-16-14-18-53(40-50)76-2)47-29-27-46(28-30-47)51-41-65(77-3)73(66(42-51)78-4)48-31-33-54(34-32-48)81-71-37-35-55(82-67-23-9-5-19-57(67)58-20-6-10-24-68(58)82)43-61(71)62-44-56(36-38-72(62)81)83-69-25-11-7-21-59(69)60-22-8-12-26-70(60)83/h5-45H. The normalized spacial score (nSPS) is 11.3. The van der Waals surface area contributed by atoms with Crippen molar-refractivity contribution in [2.45, 2.75) is 0 Å². The average molecular weight is 1060 g/mol. The van der Waals surface area contributed by atoms with Gasteiger partial charge >= 0.3 is 0 Å². The van der Waals surface area contributed by atoms with Crippen molar-refractivity contribution in [1.82, 2.24) is 23.7 Å². The Hall–Kier alpha value is -12.1. The molecule has 0 radical (unpaired) electrons. The fraction of sp³-hybridized carbons (Fsp3) is 0. The second-order valence-corrected chi connectivity index (χ2v) is 20.5. The Kier molecular flexibility index (Phi) is 11.2. The summed E-state index contributed by atoms with van der Waals surface area (Å²) < 4.78 is 7.06. The molecule has 382 valence electrons. The Balaban J connectivity index is 0.819. The Morgan fingerprint density at radius 1 is 0.265 bits per heavy atom. The SMILES string of the molecule is [C-]#[N+]c1cccc(-c2cc(-c3ccc(-c4cc([N+]#[C-])c(-c5ccc(-n6c7ccc(-n8c9ccccc9c9ccccc98)cc7c7cc(-n8c9ccccc9c9ccccc98)ccc76)cc5)c([N+]#[C-])c4)cc3)nc(-c3cccc([N+]#[C-])c3)n2)c1. The molecule has 0 aliphatic heterocycles. The molecule has 0 N–H and O–H groups in total. The van der Waals surface area contributed by atoms with Crippen LogP contribution in [0, 0.1) is 26.3 Å². The van der Waals surface area contributed by atoms with Crippen molar-refractivity contribution in [3.8, 4) is 73.2 Å². The first kappa shape index (κ1) is 48.0. The molecular formula is C74H41N9. The number of hydrogen-bond donors (Lipinski definition) is 0. The molecule has 0 aliphatic carbocycles. The van der Waals surface area contributed by atoms with E-state index in [1.807, 2.05) is 78.9 Å². The van der Waals surface area contributed by atoms with Crippen molar-refractivity contribution in [2.75, 3.05) is 0 Å². The van der Waals surface area contributed by atoms with Crippen molar-refractivity contribution in [3.63, 3.8) is 0 Å². The summed E-state index contributed by atoms with van der Waals surface area (Å²) in [5, 5.41) is 7.05. The number of aromatic nitrogens is 5. The number of nitrogens with zero attached hydrogens (tertiary/aromatic N) is 9. The highest BCUT2D eigenvalue weighted by Gasteiger charge is 2.21. The van der Waals surface area contributed by atoms with Gasteiger partial charge in [-0.2, -0.15) is 0 Å². The zero-order chi connectivity index (χ0) is 55.7. The molecule has 0 unspecified atom stereocenters. The van der Waals surface area contributed by atoms with Crippen molar-refractivity contribution in [3.05, 3.63) is 294 Å². The summed E-state index contributed by atoms with van der Waals surface area (Å²) in [5.74, 6) is 0.456. The Bertz CT molecular complexity index is 4990. The molecule has 0 amide bonds. The monoisotopic (exact) mass is 1060 g/mol. The van der Waals surface area contributed by atoms with Crippen molar-refractivity contribution in [1.29, 1.82) is 0 Å². The molecule has 15 rings (SSSR count). The first-order valence-electron chi connectivity index (χ1n) is 27.0. The molecule has 4 aromatic heterocycles. The van der Waals surface area contributed by atoms with Gasteiger partial charge in [0.15, 0.2) is 28.6 Å². The van der Waals surface area contributed by atoms with E-state index in [0.29, 0.717) is 51.1 Å². The van der Waals surface area contributed by atoms with E-state index in [1.54, 1.807) is 24.3 Å². The first-order chi connectivity index (χ1) is 40.9. The van der Waals surface area contributed by atoms with E-state index in [4.69, 9.17) is 36.3 Å². The molecule has 0 saturated heterocycles. The van der Waals surface area contributed by atoms with Crippen molar-refractivity contribution in [2.24, 2.45) is 0 Å². The minimum atomic E-state index is 0.380. The summed E-state index contributed by atoms with van der Waals surface area (Å²) in [6.07, 6.45) is 0. The van der Waals surface area contributed by atoms with Crippen LogP contribution < -0.4 is 0 Å². The van der Waals surface area contributed by atoms with Gasteiger partial charge in [-0.05, 0) is 119 Å². The second kappa shape index (κ2) is 19.3. The third kappa shape index (κ3) is 7.90. The molecule has 15 aromatic rings. The van der Waals surface area contributed by atoms with Gasteiger partial charge in [-0.25, -0.2) is 29.3 Å². The van der Waals surface area contributed by atoms with E-state index in [-0.39, 0.29) is 0 Å². The molecule has 0 atom stereocenters. The summed E-state index contributed by atoms with van der Waals surface area (Å²) in [6, 6.07) is 84.3. The fourth-order valence-corrected chi connectivity index (χ4v) is 12.1. The van der Waals surface area contributed by atoms with Crippen LogP contribution in [0.4, 0.5) is 22.7 Å². The number of hydrogen-bond acceptors (Lipinski definition) is 2. The number of rotatable bonds is 8. The molecule has 9 heteroatoms. The largest absolute Gasteiger partial charge is 0.309 e. The lowest BCUT2D eigenvalue weighted by atomic mass is 9.95. The van der Waals surface area contributed by atoms with Gasteiger partial charge in [-0.1, -0.05) is 158 Å². The Morgan fingerprint density at radius 2 is 0.663 bits per heavy atom. The van der Waals surface area contributed by atoms with Gasteiger partial charge < -0.3 is 13.7 Å². The Morgan fingerprint density at radius 3 is 1.14 bits per heavy atom. The zero-order valence-corrected chi connectivity index (χ0v) is 44.2. The first-order valence-corrected chi connectivity index (χ1v) is 27.0. The lowest BCUT2D eigenvalue weighted by Gasteiger charge is -2.14. The molecule has 0 aliphatic rings. The second-order valence-electron chi connectivity index (χ2n) is 20.5. The third-order valence-electron chi connectivity index (χ3n) is 15.9. The molecule has 0 fully saturated rings. The van der Waals surface area contributed by atoms with Crippen molar-refractivity contribution < 1.29 is 0 Å². The van der Waals surface area contributed by atoms with Crippen LogP contribution in [0.1, 0.15) is 0 Å². The molecular weight excluding hydrogens is 1010 g/mol. The zero-order valence-electron chi connectivity index (χ0n) is 44.2. The van der Waals surface area contributed by atoms with Crippen LogP contribution in [0.3, 0.4) is 0 Å². The molecule has 11 aromatic carbocycles. The van der Waals surface area contributed by atoms with Crippen LogP contribution >= 0.6 is 0 Å². The predicted octanol–water partition coefficient (Wildman–Crippen LogP) is 20.3. The van der Waals surface area contributed by atoms with Crippen LogP contribution in [0.5, 0.6) is 0 Å². The van der Waals surface area contributed by atoms with Gasteiger partial charge in [0.2, 0.25) is 0 Å². The molecule has 0 spiro atoms.